The Balaban J connectivity index is 2.76. The van der Waals surface area contributed by atoms with Gasteiger partial charge >= 0.3 is 0 Å². The molecule has 2 heteroatoms. The van der Waals surface area contributed by atoms with Gasteiger partial charge in [-0.25, -0.2) is 0 Å². The molecule has 1 N–H and O–H groups in total. The maximum atomic E-state index is 5.77. The zero-order chi connectivity index (χ0) is 11.3. The van der Waals surface area contributed by atoms with Crippen LogP contribution in [0.1, 0.15) is 25.0 Å². The van der Waals surface area contributed by atoms with E-state index in [-0.39, 0.29) is 0 Å². The summed E-state index contributed by atoms with van der Waals surface area (Å²) in [5.41, 5.74) is 2.51. The fraction of sp³-hybridized carbons (Fsp3) is 0.538. The lowest BCUT2D eigenvalue weighted by atomic mass is 10.1. The van der Waals surface area contributed by atoms with E-state index in [1.807, 2.05) is 7.05 Å². The van der Waals surface area contributed by atoms with E-state index in [0.717, 1.165) is 18.9 Å². The Hall–Kier alpha value is -1.02. The monoisotopic (exact) mass is 207 g/mol. The smallest absolute Gasteiger partial charge is 0.123 e. The van der Waals surface area contributed by atoms with Gasteiger partial charge in [-0.05, 0) is 26.0 Å². The SMILES string of the molecule is CNCc1cc(C)ccc1OCC(C)C. The van der Waals surface area contributed by atoms with Gasteiger partial charge in [0, 0.05) is 12.1 Å². The minimum atomic E-state index is 0.564. The summed E-state index contributed by atoms with van der Waals surface area (Å²) in [5, 5.41) is 3.16. The highest BCUT2D eigenvalue weighted by Gasteiger charge is 2.04. The maximum Gasteiger partial charge on any atom is 0.123 e. The molecule has 0 radical (unpaired) electrons. The van der Waals surface area contributed by atoms with E-state index < -0.39 is 0 Å². The molecule has 0 saturated heterocycles. The van der Waals surface area contributed by atoms with E-state index in [4.69, 9.17) is 4.74 Å². The van der Waals surface area contributed by atoms with Crippen LogP contribution in [0.2, 0.25) is 0 Å². The molecular weight excluding hydrogens is 186 g/mol. The summed E-state index contributed by atoms with van der Waals surface area (Å²) in [6.45, 7) is 8.05. The molecule has 1 rings (SSSR count). The predicted octanol–water partition coefficient (Wildman–Crippen LogP) is 2.75. The summed E-state index contributed by atoms with van der Waals surface area (Å²) in [6.07, 6.45) is 0. The van der Waals surface area contributed by atoms with Crippen molar-refractivity contribution in [2.45, 2.75) is 27.3 Å². The molecular formula is C13H21NO. The van der Waals surface area contributed by atoms with Crippen LogP contribution in [0.15, 0.2) is 18.2 Å². The Morgan fingerprint density at radius 1 is 1.33 bits per heavy atom. The van der Waals surface area contributed by atoms with Crippen LogP contribution in [0.3, 0.4) is 0 Å². The number of benzene rings is 1. The lowest BCUT2D eigenvalue weighted by Crippen LogP contribution is -2.10. The molecule has 0 aliphatic carbocycles. The van der Waals surface area contributed by atoms with Crippen molar-refractivity contribution in [2.75, 3.05) is 13.7 Å². The number of rotatable bonds is 5. The second-order valence-corrected chi connectivity index (χ2v) is 4.35. The highest BCUT2D eigenvalue weighted by atomic mass is 16.5. The Kier molecular flexibility index (Phi) is 4.63. The first kappa shape index (κ1) is 12.1. The van der Waals surface area contributed by atoms with Crippen molar-refractivity contribution in [3.8, 4) is 5.75 Å². The van der Waals surface area contributed by atoms with Crippen molar-refractivity contribution in [2.24, 2.45) is 5.92 Å². The van der Waals surface area contributed by atoms with Crippen LogP contribution in [0.4, 0.5) is 0 Å². The van der Waals surface area contributed by atoms with Crippen LogP contribution in [0.5, 0.6) is 5.75 Å². The van der Waals surface area contributed by atoms with Gasteiger partial charge in [0.25, 0.3) is 0 Å². The van der Waals surface area contributed by atoms with Crippen molar-refractivity contribution in [1.29, 1.82) is 0 Å². The summed E-state index contributed by atoms with van der Waals surface area (Å²) in [5.74, 6) is 1.57. The number of hydrogen-bond donors (Lipinski definition) is 1. The standard InChI is InChI=1S/C13H21NO/c1-10(2)9-15-13-6-5-11(3)7-12(13)8-14-4/h5-7,10,14H,8-9H2,1-4H3. The normalized spacial score (nSPS) is 10.7. The van der Waals surface area contributed by atoms with Crippen molar-refractivity contribution in [3.63, 3.8) is 0 Å². The third kappa shape index (κ3) is 3.92. The molecule has 0 saturated carbocycles. The molecule has 0 spiro atoms. The number of nitrogens with one attached hydrogen (secondary N) is 1. The van der Waals surface area contributed by atoms with Gasteiger partial charge in [0.2, 0.25) is 0 Å². The Bertz CT molecular complexity index is 307. The molecule has 0 heterocycles. The van der Waals surface area contributed by atoms with Gasteiger partial charge in [-0.1, -0.05) is 31.5 Å². The molecule has 2 nitrogen and oxygen atoms in total. The first-order valence-electron chi connectivity index (χ1n) is 5.50. The number of ether oxygens (including phenoxy) is 1. The van der Waals surface area contributed by atoms with Crippen molar-refractivity contribution < 1.29 is 4.74 Å². The zero-order valence-electron chi connectivity index (χ0n) is 10.1. The van der Waals surface area contributed by atoms with E-state index in [0.29, 0.717) is 5.92 Å². The van der Waals surface area contributed by atoms with E-state index in [1.54, 1.807) is 0 Å². The molecule has 0 unspecified atom stereocenters. The first-order valence-corrected chi connectivity index (χ1v) is 5.50. The summed E-state index contributed by atoms with van der Waals surface area (Å²) >= 11 is 0. The van der Waals surface area contributed by atoms with Crippen LogP contribution in [0.25, 0.3) is 0 Å². The molecule has 0 aliphatic rings. The highest BCUT2D eigenvalue weighted by Crippen LogP contribution is 2.20. The van der Waals surface area contributed by atoms with Crippen LogP contribution in [-0.4, -0.2) is 13.7 Å². The zero-order valence-corrected chi connectivity index (χ0v) is 10.1. The lowest BCUT2D eigenvalue weighted by molar-refractivity contribution is 0.268. The van der Waals surface area contributed by atoms with E-state index in [2.05, 4.69) is 44.3 Å². The van der Waals surface area contributed by atoms with Crippen LogP contribution in [-0.2, 0) is 6.54 Å². The molecule has 0 fully saturated rings. The number of hydrogen-bond acceptors (Lipinski definition) is 2. The van der Waals surface area contributed by atoms with Gasteiger partial charge in [-0.2, -0.15) is 0 Å². The lowest BCUT2D eigenvalue weighted by Gasteiger charge is -2.13. The highest BCUT2D eigenvalue weighted by molar-refractivity contribution is 5.36. The fourth-order valence-electron chi connectivity index (χ4n) is 1.43. The van der Waals surface area contributed by atoms with Crippen molar-refractivity contribution >= 4 is 0 Å². The van der Waals surface area contributed by atoms with E-state index in [9.17, 15) is 0 Å². The summed E-state index contributed by atoms with van der Waals surface area (Å²) in [7, 11) is 1.95. The second-order valence-electron chi connectivity index (χ2n) is 4.35. The summed E-state index contributed by atoms with van der Waals surface area (Å²) in [4.78, 5) is 0. The van der Waals surface area contributed by atoms with E-state index in [1.165, 1.54) is 11.1 Å². The van der Waals surface area contributed by atoms with Gasteiger partial charge in [0.05, 0.1) is 6.61 Å². The van der Waals surface area contributed by atoms with E-state index >= 15 is 0 Å². The van der Waals surface area contributed by atoms with Crippen LogP contribution >= 0.6 is 0 Å². The topological polar surface area (TPSA) is 21.3 Å². The average Bonchev–Trinajstić information content (AvgIpc) is 2.17. The Morgan fingerprint density at radius 3 is 2.67 bits per heavy atom. The van der Waals surface area contributed by atoms with Crippen molar-refractivity contribution in [1.82, 2.24) is 5.32 Å². The van der Waals surface area contributed by atoms with Gasteiger partial charge in [-0.15, -0.1) is 0 Å². The molecule has 1 aromatic rings. The van der Waals surface area contributed by atoms with Crippen molar-refractivity contribution in [3.05, 3.63) is 29.3 Å². The largest absolute Gasteiger partial charge is 0.493 e. The maximum absolute atomic E-state index is 5.77. The van der Waals surface area contributed by atoms with Crippen LogP contribution < -0.4 is 10.1 Å². The molecule has 0 amide bonds. The second kappa shape index (κ2) is 5.76. The predicted molar refractivity (Wildman–Crippen MR) is 64.3 cm³/mol. The fourth-order valence-corrected chi connectivity index (χ4v) is 1.43. The Morgan fingerprint density at radius 2 is 2.07 bits per heavy atom. The minimum absolute atomic E-state index is 0.564. The third-order valence-corrected chi connectivity index (χ3v) is 2.16. The van der Waals surface area contributed by atoms with Crippen LogP contribution in [0, 0.1) is 12.8 Å². The number of aryl methyl sites for hydroxylation is 1. The van der Waals surface area contributed by atoms with Gasteiger partial charge < -0.3 is 10.1 Å². The molecule has 1 aromatic carbocycles. The summed E-state index contributed by atoms with van der Waals surface area (Å²) in [6, 6.07) is 6.32. The quantitative estimate of drug-likeness (QED) is 0.801. The molecule has 0 aliphatic heterocycles. The molecule has 84 valence electrons. The average molecular weight is 207 g/mol. The minimum Gasteiger partial charge on any atom is -0.493 e. The molecule has 15 heavy (non-hydrogen) atoms. The molecule has 0 aromatic heterocycles. The molecule has 0 bridgehead atoms. The third-order valence-electron chi connectivity index (χ3n) is 2.16. The van der Waals surface area contributed by atoms with Gasteiger partial charge in [0.1, 0.15) is 5.75 Å². The van der Waals surface area contributed by atoms with Gasteiger partial charge in [0.15, 0.2) is 0 Å². The Labute approximate surface area is 92.6 Å². The molecule has 0 atom stereocenters. The summed E-state index contributed by atoms with van der Waals surface area (Å²) < 4.78 is 5.77. The van der Waals surface area contributed by atoms with Gasteiger partial charge in [-0.3, -0.25) is 0 Å². The first-order chi connectivity index (χ1) is 7.13.